The van der Waals surface area contributed by atoms with Gasteiger partial charge in [-0.2, -0.15) is 0 Å². The maximum absolute atomic E-state index is 12.5. The van der Waals surface area contributed by atoms with E-state index >= 15 is 0 Å². The number of anilines is 1. The molecule has 0 atom stereocenters. The second-order valence-corrected chi connectivity index (χ2v) is 9.45. The van der Waals surface area contributed by atoms with E-state index in [1.807, 2.05) is 0 Å². The van der Waals surface area contributed by atoms with Crippen LogP contribution in [0.25, 0.3) is 0 Å². The zero-order chi connectivity index (χ0) is 18.0. The molecule has 0 fully saturated rings. The number of benzene rings is 2. The zero-order valence-corrected chi connectivity index (χ0v) is 15.5. The fraction of sp³-hybridized carbons (Fsp3) is 0.294. The minimum Gasteiger partial charge on any atom is -0.279 e. The molecule has 1 N–H and O–H groups in total. The monoisotopic (exact) mass is 367 g/mol. The van der Waals surface area contributed by atoms with Gasteiger partial charge in [-0.1, -0.05) is 31.5 Å². The van der Waals surface area contributed by atoms with Gasteiger partial charge in [0.25, 0.3) is 10.0 Å². The average molecular weight is 367 g/mol. The van der Waals surface area contributed by atoms with Gasteiger partial charge < -0.3 is 0 Å². The van der Waals surface area contributed by atoms with Crippen molar-refractivity contribution in [3.05, 3.63) is 53.6 Å². The van der Waals surface area contributed by atoms with Crippen LogP contribution in [-0.2, 0) is 26.3 Å². The molecule has 130 valence electrons. The van der Waals surface area contributed by atoms with E-state index in [1.54, 1.807) is 37.3 Å². The molecule has 5 nitrogen and oxygen atoms in total. The van der Waals surface area contributed by atoms with Crippen molar-refractivity contribution < 1.29 is 16.8 Å². The van der Waals surface area contributed by atoms with Crippen LogP contribution in [0.2, 0.25) is 0 Å². The van der Waals surface area contributed by atoms with Crippen molar-refractivity contribution in [3.63, 3.8) is 0 Å². The number of nitrogens with one attached hydrogen (secondary N) is 1. The van der Waals surface area contributed by atoms with Gasteiger partial charge in [-0.3, -0.25) is 4.72 Å². The van der Waals surface area contributed by atoms with Crippen LogP contribution in [0.1, 0.15) is 24.5 Å². The lowest BCUT2D eigenvalue weighted by Crippen LogP contribution is -2.14. The first-order chi connectivity index (χ1) is 11.1. The quantitative estimate of drug-likeness (QED) is 0.850. The van der Waals surface area contributed by atoms with Crippen molar-refractivity contribution in [1.29, 1.82) is 0 Å². The van der Waals surface area contributed by atoms with Gasteiger partial charge in [0, 0.05) is 6.26 Å². The van der Waals surface area contributed by atoms with Gasteiger partial charge in [-0.15, -0.1) is 0 Å². The van der Waals surface area contributed by atoms with Crippen molar-refractivity contribution in [2.75, 3.05) is 11.0 Å². The van der Waals surface area contributed by atoms with E-state index in [0.717, 1.165) is 24.7 Å². The summed E-state index contributed by atoms with van der Waals surface area (Å²) in [7, 11) is -7.18. The predicted octanol–water partition coefficient (Wildman–Crippen LogP) is 3.15. The Labute approximate surface area is 143 Å². The van der Waals surface area contributed by atoms with Crippen LogP contribution in [0, 0.1) is 6.92 Å². The van der Waals surface area contributed by atoms with Crippen LogP contribution in [-0.4, -0.2) is 23.1 Å². The largest absolute Gasteiger partial charge is 0.279 e. The Morgan fingerprint density at radius 3 is 2.04 bits per heavy atom. The normalized spacial score (nSPS) is 12.1. The molecular weight excluding hydrogens is 346 g/mol. The first-order valence-electron chi connectivity index (χ1n) is 7.56. The highest BCUT2D eigenvalue weighted by molar-refractivity contribution is 7.92. The van der Waals surface area contributed by atoms with E-state index < -0.39 is 19.9 Å². The maximum Gasteiger partial charge on any atom is 0.261 e. The molecule has 24 heavy (non-hydrogen) atoms. The van der Waals surface area contributed by atoms with E-state index in [1.165, 1.54) is 12.1 Å². The Morgan fingerprint density at radius 2 is 1.50 bits per heavy atom. The summed E-state index contributed by atoms with van der Waals surface area (Å²) >= 11 is 0. The molecule has 0 aliphatic rings. The zero-order valence-electron chi connectivity index (χ0n) is 13.9. The highest BCUT2D eigenvalue weighted by Gasteiger charge is 2.17. The topological polar surface area (TPSA) is 80.3 Å². The summed E-state index contributed by atoms with van der Waals surface area (Å²) in [5.74, 6) is 0. The van der Waals surface area contributed by atoms with Crippen LogP contribution >= 0.6 is 0 Å². The summed E-state index contributed by atoms with van der Waals surface area (Å²) < 4.78 is 50.8. The minimum absolute atomic E-state index is 0.0732. The van der Waals surface area contributed by atoms with Crippen molar-refractivity contribution in [2.24, 2.45) is 0 Å². The van der Waals surface area contributed by atoms with Crippen LogP contribution in [0.15, 0.2) is 52.3 Å². The molecule has 0 amide bonds. The van der Waals surface area contributed by atoms with Gasteiger partial charge in [0.15, 0.2) is 9.84 Å². The molecule has 0 spiro atoms. The third-order valence-corrected chi connectivity index (χ3v) is 6.15. The number of aryl methyl sites for hydroxylation is 2. The van der Waals surface area contributed by atoms with Crippen LogP contribution < -0.4 is 4.72 Å². The lowest BCUT2D eigenvalue weighted by atomic mass is 10.1. The Hall–Kier alpha value is -1.86. The molecule has 0 radical (unpaired) electrons. The molecule has 0 unspecified atom stereocenters. The van der Waals surface area contributed by atoms with Crippen LogP contribution in [0.5, 0.6) is 0 Å². The molecule has 0 aromatic heterocycles. The molecular formula is C17H21NO4S2. The second kappa shape index (κ2) is 6.94. The number of hydrogen-bond acceptors (Lipinski definition) is 4. The van der Waals surface area contributed by atoms with E-state index in [-0.39, 0.29) is 15.5 Å². The summed E-state index contributed by atoms with van der Waals surface area (Å²) in [5.41, 5.74) is 1.98. The van der Waals surface area contributed by atoms with Crippen molar-refractivity contribution in [3.8, 4) is 0 Å². The summed E-state index contributed by atoms with van der Waals surface area (Å²) in [6.07, 6.45) is 2.97. The first-order valence-corrected chi connectivity index (χ1v) is 10.9. The third-order valence-electron chi connectivity index (χ3n) is 3.65. The molecule has 0 aliphatic heterocycles. The minimum atomic E-state index is -3.77. The summed E-state index contributed by atoms with van der Waals surface area (Å²) in [5, 5.41) is 0. The third kappa shape index (κ3) is 4.36. The Morgan fingerprint density at radius 1 is 0.917 bits per heavy atom. The maximum atomic E-state index is 12.5. The Balaban J connectivity index is 2.35. The van der Waals surface area contributed by atoms with Crippen molar-refractivity contribution in [1.82, 2.24) is 0 Å². The van der Waals surface area contributed by atoms with E-state index in [0.29, 0.717) is 5.56 Å². The molecule has 0 bridgehead atoms. The molecule has 0 saturated heterocycles. The van der Waals surface area contributed by atoms with Crippen molar-refractivity contribution >= 4 is 25.5 Å². The number of hydrogen-bond donors (Lipinski definition) is 1. The predicted molar refractivity (Wildman–Crippen MR) is 95.5 cm³/mol. The van der Waals surface area contributed by atoms with Gasteiger partial charge >= 0.3 is 0 Å². The van der Waals surface area contributed by atoms with Gasteiger partial charge in [0.1, 0.15) is 0 Å². The van der Waals surface area contributed by atoms with Gasteiger partial charge in [-0.25, -0.2) is 16.8 Å². The van der Waals surface area contributed by atoms with Gasteiger partial charge in [0.05, 0.1) is 15.5 Å². The standard InChI is InChI=1S/C17H21NO4S2/c1-4-5-14-7-10-15(11-8-14)24(21,22)18-17-12-16(23(3,19)20)9-6-13(17)2/h6-12,18H,4-5H2,1-3H3. The summed E-state index contributed by atoms with van der Waals surface area (Å²) in [4.78, 5) is 0.218. The highest BCUT2D eigenvalue weighted by Crippen LogP contribution is 2.23. The first kappa shape index (κ1) is 18.5. The summed E-state index contributed by atoms with van der Waals surface area (Å²) in [6.45, 7) is 3.78. The summed E-state index contributed by atoms with van der Waals surface area (Å²) in [6, 6.07) is 11.1. The number of sulfone groups is 1. The smallest absolute Gasteiger partial charge is 0.261 e. The lowest BCUT2D eigenvalue weighted by molar-refractivity contribution is 0.599. The average Bonchev–Trinajstić information content (AvgIpc) is 2.49. The van der Waals surface area contributed by atoms with Gasteiger partial charge in [-0.05, 0) is 48.7 Å². The molecule has 2 rings (SSSR count). The highest BCUT2D eigenvalue weighted by atomic mass is 32.2. The molecule has 0 heterocycles. The lowest BCUT2D eigenvalue weighted by Gasteiger charge is -2.12. The van der Waals surface area contributed by atoms with E-state index in [9.17, 15) is 16.8 Å². The molecule has 0 saturated carbocycles. The Bertz CT molecular complexity index is 931. The second-order valence-electron chi connectivity index (χ2n) is 5.75. The fourth-order valence-electron chi connectivity index (χ4n) is 2.27. The number of sulfonamides is 1. The Kier molecular flexibility index (Phi) is 5.35. The number of rotatable bonds is 6. The molecule has 2 aromatic rings. The SMILES string of the molecule is CCCc1ccc(S(=O)(=O)Nc2cc(S(C)(=O)=O)ccc2C)cc1. The van der Waals surface area contributed by atoms with Gasteiger partial charge in [0.2, 0.25) is 0 Å². The molecule has 7 heteroatoms. The van der Waals surface area contributed by atoms with Crippen molar-refractivity contribution in [2.45, 2.75) is 36.5 Å². The van der Waals surface area contributed by atoms with Crippen LogP contribution in [0.3, 0.4) is 0 Å². The molecule has 2 aromatic carbocycles. The fourth-order valence-corrected chi connectivity index (χ4v) is 4.04. The van der Waals surface area contributed by atoms with Crippen LogP contribution in [0.4, 0.5) is 5.69 Å². The molecule has 0 aliphatic carbocycles. The van der Waals surface area contributed by atoms with E-state index in [2.05, 4.69) is 11.6 Å². The van der Waals surface area contributed by atoms with E-state index in [4.69, 9.17) is 0 Å².